The van der Waals surface area contributed by atoms with E-state index in [1.54, 1.807) is 6.92 Å². The van der Waals surface area contributed by atoms with E-state index in [1.807, 2.05) is 0 Å². The highest BCUT2D eigenvalue weighted by atomic mass is 32.1. The lowest BCUT2D eigenvalue weighted by molar-refractivity contribution is -0.138. The SMILES string of the molecule is CCCCCCCCOc1ccc(-c2nnc([C@@](C)(N)CO)s2)cc1C(F)(F)F. The van der Waals surface area contributed by atoms with Crippen molar-refractivity contribution in [2.24, 2.45) is 5.73 Å². The summed E-state index contributed by atoms with van der Waals surface area (Å²) in [5, 5.41) is 17.8. The molecule has 0 bridgehead atoms. The van der Waals surface area contributed by atoms with Gasteiger partial charge in [0.1, 0.15) is 15.8 Å². The molecule has 3 N–H and O–H groups in total. The normalized spacial score (nSPS) is 14.0. The first-order valence-corrected chi connectivity index (χ1v) is 10.6. The van der Waals surface area contributed by atoms with Crippen molar-refractivity contribution in [3.05, 3.63) is 28.8 Å². The molecule has 0 saturated carbocycles. The molecule has 0 saturated heterocycles. The second kappa shape index (κ2) is 10.4. The maximum atomic E-state index is 13.5. The van der Waals surface area contributed by atoms with Gasteiger partial charge in [-0.15, -0.1) is 10.2 Å². The fourth-order valence-corrected chi connectivity index (χ4v) is 3.60. The Morgan fingerprint density at radius 3 is 2.45 bits per heavy atom. The van der Waals surface area contributed by atoms with Crippen LogP contribution >= 0.6 is 11.3 Å². The van der Waals surface area contributed by atoms with Crippen LogP contribution in [0.1, 0.15) is 62.9 Å². The van der Waals surface area contributed by atoms with E-state index in [9.17, 15) is 18.3 Å². The number of aliphatic hydroxyl groups excluding tert-OH is 1. The summed E-state index contributed by atoms with van der Waals surface area (Å²) in [7, 11) is 0. The second-order valence-electron chi connectivity index (χ2n) is 7.31. The van der Waals surface area contributed by atoms with Crippen LogP contribution in [0.3, 0.4) is 0 Å². The van der Waals surface area contributed by atoms with E-state index < -0.39 is 17.3 Å². The lowest BCUT2D eigenvalue weighted by Crippen LogP contribution is -2.36. The Kier molecular flexibility index (Phi) is 8.42. The molecule has 0 aliphatic heterocycles. The van der Waals surface area contributed by atoms with Gasteiger partial charge in [0.15, 0.2) is 0 Å². The molecular weight excluding hydrogens is 403 g/mol. The topological polar surface area (TPSA) is 81.3 Å². The Hall–Kier alpha value is -1.71. The first-order valence-electron chi connectivity index (χ1n) is 9.77. The Morgan fingerprint density at radius 2 is 1.79 bits per heavy atom. The zero-order valence-corrected chi connectivity index (χ0v) is 17.6. The number of hydrogen-bond donors (Lipinski definition) is 2. The molecule has 2 aromatic rings. The van der Waals surface area contributed by atoms with Gasteiger partial charge in [-0.3, -0.25) is 0 Å². The van der Waals surface area contributed by atoms with Crippen molar-refractivity contribution < 1.29 is 23.0 Å². The Morgan fingerprint density at radius 1 is 1.10 bits per heavy atom. The number of halogens is 3. The van der Waals surface area contributed by atoms with E-state index in [2.05, 4.69) is 17.1 Å². The van der Waals surface area contributed by atoms with E-state index in [0.29, 0.717) is 10.0 Å². The largest absolute Gasteiger partial charge is 0.493 e. The number of nitrogens with two attached hydrogens (primary N) is 1. The lowest BCUT2D eigenvalue weighted by Gasteiger charge is -2.17. The number of aromatic nitrogens is 2. The molecule has 0 aliphatic carbocycles. The number of unbranched alkanes of at least 4 members (excludes halogenated alkanes) is 5. The molecule has 29 heavy (non-hydrogen) atoms. The number of ether oxygens (including phenoxy) is 1. The van der Waals surface area contributed by atoms with Gasteiger partial charge in [0.25, 0.3) is 0 Å². The molecule has 9 heteroatoms. The van der Waals surface area contributed by atoms with Gasteiger partial charge in [-0.25, -0.2) is 0 Å². The highest BCUT2D eigenvalue weighted by Gasteiger charge is 2.35. The van der Waals surface area contributed by atoms with Crippen molar-refractivity contribution in [1.29, 1.82) is 0 Å². The summed E-state index contributed by atoms with van der Waals surface area (Å²) in [6, 6.07) is 3.88. The van der Waals surface area contributed by atoms with Gasteiger partial charge in [0.2, 0.25) is 0 Å². The van der Waals surface area contributed by atoms with E-state index in [1.165, 1.54) is 18.6 Å². The van der Waals surface area contributed by atoms with Crippen molar-refractivity contribution in [3.8, 4) is 16.3 Å². The molecule has 0 amide bonds. The first-order chi connectivity index (χ1) is 13.7. The summed E-state index contributed by atoms with van der Waals surface area (Å²) in [5.74, 6) is -0.182. The number of nitrogens with zero attached hydrogens (tertiary/aromatic N) is 2. The van der Waals surface area contributed by atoms with Crippen LogP contribution in [0.5, 0.6) is 5.75 Å². The summed E-state index contributed by atoms with van der Waals surface area (Å²) in [5.41, 5.74) is 4.26. The van der Waals surface area contributed by atoms with Crippen LogP contribution in [0.2, 0.25) is 0 Å². The van der Waals surface area contributed by atoms with Gasteiger partial charge in [-0.1, -0.05) is 50.4 Å². The standard InChI is InChI=1S/C20H28F3N3O2S/c1-3-4-5-6-7-8-11-28-16-10-9-14(12-15(16)20(21,22)23)17-25-26-18(29-17)19(2,24)13-27/h9-10,12,27H,3-8,11,13,24H2,1-2H3/t19-/m0/s1. The first kappa shape index (κ1) is 23.6. The van der Waals surface area contributed by atoms with Crippen LogP contribution in [-0.4, -0.2) is 28.5 Å². The lowest BCUT2D eigenvalue weighted by atomic mass is 10.1. The molecule has 0 spiro atoms. The van der Waals surface area contributed by atoms with Crippen molar-refractivity contribution in [2.45, 2.75) is 64.1 Å². The molecule has 0 unspecified atom stereocenters. The zero-order chi connectivity index (χ0) is 21.5. The van der Waals surface area contributed by atoms with Crippen molar-refractivity contribution in [2.75, 3.05) is 13.2 Å². The molecule has 0 fully saturated rings. The molecule has 2 rings (SSSR count). The molecule has 1 aromatic heterocycles. The molecule has 1 heterocycles. The molecule has 5 nitrogen and oxygen atoms in total. The van der Waals surface area contributed by atoms with Crippen LogP contribution in [-0.2, 0) is 11.7 Å². The van der Waals surface area contributed by atoms with E-state index in [0.717, 1.165) is 49.5 Å². The Labute approximate surface area is 173 Å². The second-order valence-corrected chi connectivity index (χ2v) is 8.29. The minimum Gasteiger partial charge on any atom is -0.493 e. The third-order valence-electron chi connectivity index (χ3n) is 4.53. The summed E-state index contributed by atoms with van der Waals surface area (Å²) >= 11 is 1.06. The molecule has 1 atom stereocenters. The third-order valence-corrected chi connectivity index (χ3v) is 5.78. The van der Waals surface area contributed by atoms with Crippen molar-refractivity contribution >= 4 is 11.3 Å². The predicted octanol–water partition coefficient (Wildman–Crippen LogP) is 5.13. The number of alkyl halides is 3. The quantitative estimate of drug-likeness (QED) is 0.482. The van der Waals surface area contributed by atoms with Crippen LogP contribution in [0.4, 0.5) is 13.2 Å². The fraction of sp³-hybridized carbons (Fsp3) is 0.600. The van der Waals surface area contributed by atoms with Gasteiger partial charge >= 0.3 is 6.18 Å². The van der Waals surface area contributed by atoms with Crippen molar-refractivity contribution in [1.82, 2.24) is 10.2 Å². The smallest absolute Gasteiger partial charge is 0.419 e. The molecule has 0 radical (unpaired) electrons. The van der Waals surface area contributed by atoms with E-state index in [4.69, 9.17) is 10.5 Å². The summed E-state index contributed by atoms with van der Waals surface area (Å²) in [6.45, 7) is 3.62. The van der Waals surface area contributed by atoms with Crippen LogP contribution in [0, 0.1) is 0 Å². The Balaban J connectivity index is 2.12. The Bertz CT molecular complexity index is 779. The number of aliphatic hydroxyl groups is 1. The summed E-state index contributed by atoms with van der Waals surface area (Å²) in [6.07, 6.45) is 1.65. The average Bonchev–Trinajstić information content (AvgIpc) is 3.18. The monoisotopic (exact) mass is 431 g/mol. The predicted molar refractivity (Wildman–Crippen MR) is 108 cm³/mol. The van der Waals surface area contributed by atoms with Crippen LogP contribution < -0.4 is 10.5 Å². The number of hydrogen-bond acceptors (Lipinski definition) is 6. The maximum absolute atomic E-state index is 13.5. The molecular formula is C20H28F3N3O2S. The van der Waals surface area contributed by atoms with Crippen molar-refractivity contribution in [3.63, 3.8) is 0 Å². The molecule has 0 aliphatic rings. The van der Waals surface area contributed by atoms with Gasteiger partial charge in [0, 0.05) is 5.56 Å². The minimum atomic E-state index is -4.55. The highest BCUT2D eigenvalue weighted by Crippen LogP contribution is 2.39. The number of benzene rings is 1. The van der Waals surface area contributed by atoms with E-state index >= 15 is 0 Å². The highest BCUT2D eigenvalue weighted by molar-refractivity contribution is 7.14. The van der Waals surface area contributed by atoms with Gasteiger partial charge < -0.3 is 15.6 Å². The molecule has 1 aromatic carbocycles. The summed E-state index contributed by atoms with van der Waals surface area (Å²) in [4.78, 5) is 0. The van der Waals surface area contributed by atoms with Crippen LogP contribution in [0.25, 0.3) is 10.6 Å². The summed E-state index contributed by atoms with van der Waals surface area (Å²) < 4.78 is 46.1. The third kappa shape index (κ3) is 6.65. The zero-order valence-electron chi connectivity index (χ0n) is 16.8. The van der Waals surface area contributed by atoms with Gasteiger partial charge in [-0.2, -0.15) is 13.2 Å². The van der Waals surface area contributed by atoms with Gasteiger partial charge in [-0.05, 0) is 31.5 Å². The average molecular weight is 432 g/mol. The minimum absolute atomic E-state index is 0.182. The van der Waals surface area contributed by atoms with Crippen LogP contribution in [0.15, 0.2) is 18.2 Å². The van der Waals surface area contributed by atoms with E-state index in [-0.39, 0.29) is 24.5 Å². The molecule has 162 valence electrons. The maximum Gasteiger partial charge on any atom is 0.419 e. The van der Waals surface area contributed by atoms with Gasteiger partial charge in [0.05, 0.1) is 24.3 Å². The number of rotatable bonds is 11. The fourth-order valence-electron chi connectivity index (χ4n) is 2.71.